The van der Waals surface area contributed by atoms with Crippen LogP contribution in [0.1, 0.15) is 32.3 Å². The average Bonchev–Trinajstić information content (AvgIpc) is 2.99. The predicted octanol–water partition coefficient (Wildman–Crippen LogP) is 4.50. The molecule has 2 aliphatic heterocycles. The van der Waals surface area contributed by atoms with Crippen molar-refractivity contribution in [1.82, 2.24) is 0 Å². The van der Waals surface area contributed by atoms with E-state index in [-0.39, 0.29) is 29.0 Å². The van der Waals surface area contributed by atoms with Gasteiger partial charge in [-0.2, -0.15) is 5.26 Å². The van der Waals surface area contributed by atoms with Gasteiger partial charge in [0.25, 0.3) is 0 Å². The van der Waals surface area contributed by atoms with E-state index < -0.39 is 11.3 Å². The molecule has 3 aliphatic rings. The van der Waals surface area contributed by atoms with Gasteiger partial charge in [0.05, 0.1) is 5.57 Å². The highest BCUT2D eigenvalue weighted by Crippen LogP contribution is 2.57. The summed E-state index contributed by atoms with van der Waals surface area (Å²) >= 11 is 3.50. The predicted molar refractivity (Wildman–Crippen MR) is 125 cm³/mol. The van der Waals surface area contributed by atoms with Crippen LogP contribution in [0.2, 0.25) is 0 Å². The van der Waals surface area contributed by atoms with Gasteiger partial charge in [0.15, 0.2) is 5.78 Å². The van der Waals surface area contributed by atoms with Crippen molar-refractivity contribution in [3.05, 3.63) is 81.2 Å². The number of nitrogens with one attached hydrogen (secondary N) is 1. The number of ketones is 1. The number of amides is 1. The first-order chi connectivity index (χ1) is 15.2. The fraction of sp³-hybridized carbons (Fsp3) is 0.240. The molecular weight excluding hydrogens is 468 g/mol. The standard InChI is InChI=1S/C25H21BrN4O2/c1-24(2)11-19-21(20(31)12-24)25(16-8-3-4-9-18(16)29-23(25)32)17(13-27)22(28)30(19)15-7-5-6-14(26)10-15/h3-10H,11-12,28H2,1-2H3,(H,29,32). The summed E-state index contributed by atoms with van der Waals surface area (Å²) in [5.41, 5.74) is 7.83. The van der Waals surface area contributed by atoms with Crippen LogP contribution in [0.25, 0.3) is 0 Å². The maximum Gasteiger partial charge on any atom is 0.245 e. The molecule has 0 saturated heterocycles. The molecule has 32 heavy (non-hydrogen) atoms. The van der Waals surface area contributed by atoms with Crippen LogP contribution in [0, 0.1) is 16.7 Å². The van der Waals surface area contributed by atoms with Gasteiger partial charge in [0, 0.05) is 39.1 Å². The van der Waals surface area contributed by atoms with Crippen molar-refractivity contribution in [1.29, 1.82) is 5.26 Å². The van der Waals surface area contributed by atoms with E-state index >= 15 is 0 Å². The number of anilines is 2. The first kappa shape index (κ1) is 20.5. The van der Waals surface area contributed by atoms with Gasteiger partial charge in [-0.05, 0) is 36.1 Å². The highest BCUT2D eigenvalue weighted by molar-refractivity contribution is 9.10. The fourth-order valence-electron chi connectivity index (χ4n) is 5.28. The molecule has 3 N–H and O–H groups in total. The lowest BCUT2D eigenvalue weighted by atomic mass is 9.61. The molecule has 2 aromatic carbocycles. The Bertz CT molecular complexity index is 1320. The monoisotopic (exact) mass is 488 g/mol. The molecule has 6 nitrogen and oxygen atoms in total. The van der Waals surface area contributed by atoms with Gasteiger partial charge in [-0.3, -0.25) is 14.5 Å². The Morgan fingerprint density at radius 3 is 2.59 bits per heavy atom. The Morgan fingerprint density at radius 2 is 1.88 bits per heavy atom. The van der Waals surface area contributed by atoms with Crippen molar-refractivity contribution in [3.8, 4) is 6.07 Å². The summed E-state index contributed by atoms with van der Waals surface area (Å²) in [5, 5.41) is 13.2. The van der Waals surface area contributed by atoms with E-state index in [0.29, 0.717) is 28.9 Å². The number of benzene rings is 2. The van der Waals surface area contributed by atoms with E-state index in [9.17, 15) is 14.9 Å². The zero-order valence-electron chi connectivity index (χ0n) is 17.7. The van der Waals surface area contributed by atoms with E-state index in [1.807, 2.05) is 50.2 Å². The van der Waals surface area contributed by atoms with Gasteiger partial charge >= 0.3 is 0 Å². The van der Waals surface area contributed by atoms with E-state index in [1.54, 1.807) is 17.0 Å². The van der Waals surface area contributed by atoms with Crippen LogP contribution in [-0.2, 0) is 15.0 Å². The van der Waals surface area contributed by atoms with Crippen LogP contribution in [0.5, 0.6) is 0 Å². The largest absolute Gasteiger partial charge is 0.384 e. The Kier molecular flexibility index (Phi) is 4.37. The summed E-state index contributed by atoms with van der Waals surface area (Å²) in [4.78, 5) is 29.1. The summed E-state index contributed by atoms with van der Waals surface area (Å²) in [7, 11) is 0. The minimum Gasteiger partial charge on any atom is -0.384 e. The van der Waals surface area contributed by atoms with Gasteiger partial charge in [-0.15, -0.1) is 0 Å². The molecule has 2 aromatic rings. The molecule has 5 rings (SSSR count). The van der Waals surface area contributed by atoms with E-state index in [0.717, 1.165) is 10.2 Å². The van der Waals surface area contributed by atoms with Crippen molar-refractivity contribution in [2.24, 2.45) is 11.1 Å². The van der Waals surface area contributed by atoms with Gasteiger partial charge < -0.3 is 11.1 Å². The number of hydrogen-bond acceptors (Lipinski definition) is 5. The van der Waals surface area contributed by atoms with Gasteiger partial charge in [0.2, 0.25) is 5.91 Å². The smallest absolute Gasteiger partial charge is 0.245 e. The number of para-hydroxylation sites is 1. The number of allylic oxidation sites excluding steroid dienone is 1. The molecular formula is C25H21BrN4O2. The van der Waals surface area contributed by atoms with Crippen molar-refractivity contribution >= 4 is 39.0 Å². The molecule has 1 aliphatic carbocycles. The highest BCUT2D eigenvalue weighted by atomic mass is 79.9. The summed E-state index contributed by atoms with van der Waals surface area (Å²) in [6.45, 7) is 4.06. The molecule has 0 aromatic heterocycles. The molecule has 160 valence electrons. The maximum atomic E-state index is 13.7. The Hall–Kier alpha value is -3.37. The normalized spacial score (nSPS) is 23.8. The second kappa shape index (κ2) is 6.81. The van der Waals surface area contributed by atoms with Gasteiger partial charge in [0.1, 0.15) is 17.3 Å². The first-order valence-corrected chi connectivity index (χ1v) is 11.1. The minimum absolute atomic E-state index is 0.0757. The number of hydrogen-bond donors (Lipinski definition) is 2. The second-order valence-electron chi connectivity index (χ2n) is 9.20. The lowest BCUT2D eigenvalue weighted by Crippen LogP contribution is -2.52. The molecule has 7 heteroatoms. The molecule has 0 bridgehead atoms. The van der Waals surface area contributed by atoms with Crippen LogP contribution in [0.3, 0.4) is 0 Å². The van der Waals surface area contributed by atoms with Crippen molar-refractivity contribution in [2.45, 2.75) is 32.1 Å². The molecule has 0 saturated carbocycles. The summed E-state index contributed by atoms with van der Waals surface area (Å²) in [6, 6.07) is 16.9. The highest BCUT2D eigenvalue weighted by Gasteiger charge is 2.61. The Morgan fingerprint density at radius 1 is 1.12 bits per heavy atom. The van der Waals surface area contributed by atoms with Gasteiger partial charge in [-0.25, -0.2) is 0 Å². The van der Waals surface area contributed by atoms with E-state index in [4.69, 9.17) is 5.73 Å². The topological polar surface area (TPSA) is 99.2 Å². The van der Waals surface area contributed by atoms with Crippen LogP contribution < -0.4 is 16.0 Å². The number of Topliss-reactive ketones (excluding diaryl/α,β-unsaturated/α-hetero) is 1. The molecule has 0 fully saturated rings. The fourth-order valence-corrected chi connectivity index (χ4v) is 5.67. The number of carbonyl (C=O) groups is 2. The summed E-state index contributed by atoms with van der Waals surface area (Å²) < 4.78 is 0.842. The number of rotatable bonds is 1. The molecule has 1 spiro atoms. The number of nitrogens with zero attached hydrogens (tertiary/aromatic N) is 2. The van der Waals surface area contributed by atoms with E-state index in [1.165, 1.54) is 0 Å². The van der Waals surface area contributed by atoms with E-state index in [2.05, 4.69) is 27.3 Å². The number of nitrogens with two attached hydrogens (primary N) is 1. The lowest BCUT2D eigenvalue weighted by Gasteiger charge is -2.46. The van der Waals surface area contributed by atoms with Crippen LogP contribution in [0.4, 0.5) is 11.4 Å². The Labute approximate surface area is 194 Å². The number of halogens is 1. The zero-order chi connectivity index (χ0) is 22.8. The number of carbonyl (C=O) groups excluding carboxylic acids is 2. The van der Waals surface area contributed by atoms with Crippen molar-refractivity contribution in [2.75, 3.05) is 10.2 Å². The quantitative estimate of drug-likeness (QED) is 0.615. The lowest BCUT2D eigenvalue weighted by molar-refractivity contribution is -0.123. The zero-order valence-corrected chi connectivity index (χ0v) is 19.3. The minimum atomic E-state index is -1.54. The van der Waals surface area contributed by atoms with Crippen LogP contribution in [0.15, 0.2) is 75.7 Å². The van der Waals surface area contributed by atoms with Crippen LogP contribution >= 0.6 is 15.9 Å². The summed E-state index contributed by atoms with van der Waals surface area (Å²) in [6.07, 6.45) is 0.825. The third-order valence-electron chi connectivity index (χ3n) is 6.47. The number of nitriles is 1. The molecule has 1 atom stereocenters. The second-order valence-corrected chi connectivity index (χ2v) is 10.1. The molecule has 2 heterocycles. The van der Waals surface area contributed by atoms with Crippen LogP contribution in [-0.4, -0.2) is 11.7 Å². The number of fused-ring (bicyclic) bond motifs is 3. The third kappa shape index (κ3) is 2.63. The average molecular weight is 489 g/mol. The summed E-state index contributed by atoms with van der Waals surface area (Å²) in [5.74, 6) is -0.377. The SMILES string of the molecule is CC1(C)CC(=O)C2=C(C1)N(c1cccc(Br)c1)C(N)=C(C#N)C21C(=O)Nc2ccccc21. The maximum absolute atomic E-state index is 13.7. The molecule has 1 unspecified atom stereocenters. The third-order valence-corrected chi connectivity index (χ3v) is 6.96. The van der Waals surface area contributed by atoms with Crippen molar-refractivity contribution < 1.29 is 9.59 Å². The Balaban J connectivity index is 1.91. The van der Waals surface area contributed by atoms with Gasteiger partial charge in [-0.1, -0.05) is 54.0 Å². The molecule has 0 radical (unpaired) electrons. The first-order valence-electron chi connectivity index (χ1n) is 10.3. The van der Waals surface area contributed by atoms with Crippen molar-refractivity contribution in [3.63, 3.8) is 0 Å². The molecule has 1 amide bonds.